The molecule has 5 rings (SSSR count). The van der Waals surface area contributed by atoms with Crippen molar-refractivity contribution >= 4 is 34.9 Å². The molecule has 0 bridgehead atoms. The quantitative estimate of drug-likeness (QED) is 0.144. The first kappa shape index (κ1) is 36.9. The highest BCUT2D eigenvalue weighted by Gasteiger charge is 2.61. The number of ketones is 1. The third-order valence-corrected chi connectivity index (χ3v) is 9.62. The van der Waals surface area contributed by atoms with Gasteiger partial charge in [0.2, 0.25) is 5.91 Å². The number of carbonyl (C=O) groups excluding carboxylic acids is 2. The molecule has 1 aliphatic rings. The highest BCUT2D eigenvalue weighted by Crippen LogP contribution is 2.52. The van der Waals surface area contributed by atoms with Crippen LogP contribution in [0.25, 0.3) is 0 Å². The van der Waals surface area contributed by atoms with Crippen molar-refractivity contribution in [2.45, 2.75) is 63.3 Å². The van der Waals surface area contributed by atoms with Gasteiger partial charge >= 0.3 is 0 Å². The predicted octanol–water partition coefficient (Wildman–Crippen LogP) is 7.83. The van der Waals surface area contributed by atoms with Crippen molar-refractivity contribution in [1.29, 1.82) is 5.26 Å². The molecule has 1 amide bonds. The Morgan fingerprint density at radius 3 is 2.40 bits per heavy atom. The summed E-state index contributed by atoms with van der Waals surface area (Å²) in [4.78, 5) is 27.4. The van der Waals surface area contributed by atoms with E-state index in [1.54, 1.807) is 42.5 Å². The van der Waals surface area contributed by atoms with E-state index in [-0.39, 0.29) is 39.0 Å². The number of nitrogens with zero attached hydrogens (tertiary/aromatic N) is 1. The zero-order valence-electron chi connectivity index (χ0n) is 27.9. The van der Waals surface area contributed by atoms with Gasteiger partial charge in [-0.1, -0.05) is 98.6 Å². The molecule has 1 aliphatic heterocycles. The van der Waals surface area contributed by atoms with Gasteiger partial charge in [0.1, 0.15) is 28.9 Å². The zero-order chi connectivity index (χ0) is 36.4. The standard InChI is InChI=1S/C39H37Cl2F2N3O4/c1-38(2,3)19-31-39(21-44,27-16-14-24(40)18-29(27)42)32(26-11-8-12-28(41)33(26)43)34(46-31)37(49)45-20-22-13-15-25(30(17-22)50-4)36(48)35(47)23-9-6-5-7-10-23/h5-18,31-32,34-35,46-47H,19-20H2,1-4H3,(H,45,49)/t31-,32-,34+,35?,39-/m0/s1. The van der Waals surface area contributed by atoms with Crippen molar-refractivity contribution in [1.82, 2.24) is 10.6 Å². The van der Waals surface area contributed by atoms with Crippen LogP contribution in [0.1, 0.15) is 71.8 Å². The summed E-state index contributed by atoms with van der Waals surface area (Å²) >= 11 is 12.3. The van der Waals surface area contributed by atoms with Crippen molar-refractivity contribution in [3.63, 3.8) is 0 Å². The maximum atomic E-state index is 15.9. The van der Waals surface area contributed by atoms with Crippen molar-refractivity contribution in [2.75, 3.05) is 7.11 Å². The summed E-state index contributed by atoms with van der Waals surface area (Å²) in [7, 11) is 1.39. The SMILES string of the molecule is COc1cc(CNC(=O)[C@@H]2N[C@@H](CC(C)(C)C)[C@](C#N)(c3ccc(Cl)cc3F)[C@H]2c2cccc(Cl)c2F)ccc1C(=O)C(O)c1ccccc1. The van der Waals surface area contributed by atoms with Crippen molar-refractivity contribution < 1.29 is 28.2 Å². The molecule has 1 heterocycles. The molecule has 1 saturated heterocycles. The minimum Gasteiger partial charge on any atom is -0.496 e. The van der Waals surface area contributed by atoms with Gasteiger partial charge < -0.3 is 20.5 Å². The second-order valence-corrected chi connectivity index (χ2v) is 14.5. The average molecular weight is 721 g/mol. The van der Waals surface area contributed by atoms with E-state index in [0.29, 0.717) is 17.5 Å². The van der Waals surface area contributed by atoms with Crippen molar-refractivity contribution in [2.24, 2.45) is 5.41 Å². The number of nitriles is 1. The van der Waals surface area contributed by atoms with Gasteiger partial charge in [0.25, 0.3) is 0 Å². The molecular weight excluding hydrogens is 683 g/mol. The van der Waals surface area contributed by atoms with E-state index in [2.05, 4.69) is 16.7 Å². The first-order valence-electron chi connectivity index (χ1n) is 16.0. The summed E-state index contributed by atoms with van der Waals surface area (Å²) in [6, 6.07) is 21.9. The van der Waals surface area contributed by atoms with Crippen LogP contribution in [0.4, 0.5) is 8.78 Å². The normalized spacial score (nSPS) is 20.9. The number of halogens is 4. The molecule has 5 atom stereocenters. The number of carbonyl (C=O) groups is 2. The molecule has 0 saturated carbocycles. The third kappa shape index (κ3) is 7.26. The Hall–Kier alpha value is -4.33. The highest BCUT2D eigenvalue weighted by atomic mass is 35.5. The minimum atomic E-state index is -1.76. The molecule has 11 heteroatoms. The fourth-order valence-corrected chi connectivity index (χ4v) is 7.18. The van der Waals surface area contributed by atoms with E-state index in [1.165, 1.54) is 43.5 Å². The summed E-state index contributed by atoms with van der Waals surface area (Å²) in [6.45, 7) is 5.83. The molecular formula is C39H37Cl2F2N3O4. The fraction of sp³-hybridized carbons (Fsp3) is 0.308. The van der Waals surface area contributed by atoms with Gasteiger partial charge in [-0.2, -0.15) is 5.26 Å². The van der Waals surface area contributed by atoms with Crippen LogP contribution < -0.4 is 15.4 Å². The molecule has 260 valence electrons. The molecule has 0 spiro atoms. The fourth-order valence-electron chi connectivity index (χ4n) is 6.84. The number of methoxy groups -OCH3 is 1. The lowest BCUT2D eigenvalue weighted by molar-refractivity contribution is -0.123. The molecule has 4 aromatic carbocycles. The predicted molar refractivity (Wildman–Crippen MR) is 188 cm³/mol. The van der Waals surface area contributed by atoms with Crippen LogP contribution in [-0.2, 0) is 16.8 Å². The summed E-state index contributed by atoms with van der Waals surface area (Å²) in [5, 5.41) is 27.8. The van der Waals surface area contributed by atoms with Gasteiger partial charge in [0.15, 0.2) is 5.78 Å². The lowest BCUT2D eigenvalue weighted by Gasteiger charge is -2.37. The number of rotatable bonds is 10. The Morgan fingerprint density at radius 2 is 1.76 bits per heavy atom. The van der Waals surface area contributed by atoms with E-state index in [4.69, 9.17) is 27.9 Å². The molecule has 4 aromatic rings. The first-order chi connectivity index (χ1) is 23.7. The second-order valence-electron chi connectivity index (χ2n) is 13.6. The zero-order valence-corrected chi connectivity index (χ0v) is 29.4. The Morgan fingerprint density at radius 1 is 1.04 bits per heavy atom. The number of Topliss-reactive ketones (excluding diaryl/α,β-unsaturated/α-hetero) is 1. The van der Waals surface area contributed by atoms with E-state index >= 15 is 8.78 Å². The van der Waals surface area contributed by atoms with E-state index in [0.717, 1.165) is 6.07 Å². The van der Waals surface area contributed by atoms with Gasteiger partial charge in [0.05, 0.1) is 29.8 Å². The largest absolute Gasteiger partial charge is 0.496 e. The van der Waals surface area contributed by atoms with Crippen LogP contribution in [-0.4, -0.2) is 36.0 Å². The maximum Gasteiger partial charge on any atom is 0.238 e. The topological polar surface area (TPSA) is 111 Å². The van der Waals surface area contributed by atoms with Gasteiger partial charge in [-0.3, -0.25) is 9.59 Å². The van der Waals surface area contributed by atoms with Gasteiger partial charge in [-0.25, -0.2) is 8.78 Å². The van der Waals surface area contributed by atoms with E-state index < -0.39 is 58.3 Å². The van der Waals surface area contributed by atoms with Gasteiger partial charge in [-0.15, -0.1) is 0 Å². The van der Waals surface area contributed by atoms with Crippen LogP contribution >= 0.6 is 23.2 Å². The summed E-state index contributed by atoms with van der Waals surface area (Å²) in [6.07, 6.45) is -1.08. The number of hydrogen-bond donors (Lipinski definition) is 3. The lowest BCUT2D eigenvalue weighted by atomic mass is 9.62. The van der Waals surface area contributed by atoms with Crippen LogP contribution in [0, 0.1) is 28.4 Å². The molecule has 0 aliphatic carbocycles. The molecule has 7 nitrogen and oxygen atoms in total. The molecule has 0 radical (unpaired) electrons. The number of benzene rings is 4. The van der Waals surface area contributed by atoms with Crippen molar-refractivity contribution in [3.8, 4) is 11.8 Å². The van der Waals surface area contributed by atoms with Crippen LogP contribution in [0.3, 0.4) is 0 Å². The lowest BCUT2D eigenvalue weighted by Crippen LogP contribution is -2.45. The van der Waals surface area contributed by atoms with Crippen molar-refractivity contribution in [3.05, 3.63) is 134 Å². The third-order valence-electron chi connectivity index (χ3n) is 9.09. The second kappa shape index (κ2) is 14.9. The minimum absolute atomic E-state index is 0.0148. The average Bonchev–Trinajstić information content (AvgIpc) is 3.40. The van der Waals surface area contributed by atoms with Crippen LogP contribution in [0.5, 0.6) is 5.75 Å². The first-order valence-corrected chi connectivity index (χ1v) is 16.8. The highest BCUT2D eigenvalue weighted by molar-refractivity contribution is 6.31. The van der Waals surface area contributed by atoms with Gasteiger partial charge in [0, 0.05) is 29.1 Å². The number of amides is 1. The molecule has 0 aromatic heterocycles. The Kier molecular flexibility index (Phi) is 11.0. The van der Waals surface area contributed by atoms with E-state index in [1.807, 2.05) is 20.8 Å². The monoisotopic (exact) mass is 719 g/mol. The summed E-state index contributed by atoms with van der Waals surface area (Å²) in [5.41, 5.74) is -1.04. The summed E-state index contributed by atoms with van der Waals surface area (Å²) in [5.74, 6) is -3.72. The number of ether oxygens (including phenoxy) is 1. The molecule has 3 N–H and O–H groups in total. The summed E-state index contributed by atoms with van der Waals surface area (Å²) < 4.78 is 37.3. The Labute approximate surface area is 300 Å². The number of nitrogens with one attached hydrogen (secondary N) is 2. The molecule has 1 unspecified atom stereocenters. The van der Waals surface area contributed by atoms with E-state index in [9.17, 15) is 20.0 Å². The van der Waals surface area contributed by atoms with Crippen LogP contribution in [0.2, 0.25) is 10.0 Å². The number of aliphatic hydroxyl groups excluding tert-OH is 1. The maximum absolute atomic E-state index is 15.9. The number of hydrogen-bond acceptors (Lipinski definition) is 6. The Balaban J connectivity index is 1.52. The van der Waals surface area contributed by atoms with Gasteiger partial charge in [-0.05, 0) is 58.9 Å². The van der Waals surface area contributed by atoms with Crippen LogP contribution in [0.15, 0.2) is 84.9 Å². The smallest absolute Gasteiger partial charge is 0.238 e. The Bertz CT molecular complexity index is 1950. The molecule has 1 fully saturated rings. The molecule has 50 heavy (non-hydrogen) atoms. The number of aliphatic hydroxyl groups is 1.